The van der Waals surface area contributed by atoms with Gasteiger partial charge >= 0.3 is 5.97 Å². The van der Waals surface area contributed by atoms with E-state index in [0.717, 1.165) is 18.9 Å². The van der Waals surface area contributed by atoms with Crippen LogP contribution in [0.25, 0.3) is 11.5 Å². The smallest absolute Gasteiger partial charge is 0.338 e. The topological polar surface area (TPSA) is 121 Å². The van der Waals surface area contributed by atoms with Crippen molar-refractivity contribution in [3.05, 3.63) is 64.7 Å². The Bertz CT molecular complexity index is 1240. The molecule has 0 amide bonds. The summed E-state index contributed by atoms with van der Waals surface area (Å²) in [5.41, 5.74) is 0.490. The largest absolute Gasteiger partial charge is 0.454 e. The molecule has 1 atom stereocenters. The molecule has 174 valence electrons. The van der Waals surface area contributed by atoms with Gasteiger partial charge in [-0.25, -0.2) is 22.3 Å². The summed E-state index contributed by atoms with van der Waals surface area (Å²) in [6.45, 7) is 0.396. The van der Waals surface area contributed by atoms with Crippen molar-refractivity contribution >= 4 is 27.6 Å². The number of ether oxygens (including phenoxy) is 2. The van der Waals surface area contributed by atoms with Gasteiger partial charge in [-0.15, -0.1) is 0 Å². The molecule has 0 radical (unpaired) electrons. The first-order valence-electron chi connectivity index (χ1n) is 9.98. The fourth-order valence-corrected chi connectivity index (χ4v) is 4.75. The minimum absolute atomic E-state index is 0.0147. The molecule has 1 unspecified atom stereocenters. The second-order valence-electron chi connectivity index (χ2n) is 7.23. The zero-order valence-corrected chi connectivity index (χ0v) is 18.7. The Morgan fingerprint density at radius 3 is 2.76 bits per heavy atom. The standard InChI is InChI=1S/C21H19ClFN3O6S/c22-17-8-5-14(10-18(17)33(28,29)24-11-16-2-1-9-30-16)21(27)31-12-19-25-20(32-26-19)13-3-6-15(23)7-4-13/h3-8,10,16,24H,1-2,9,11-12H2. The van der Waals surface area contributed by atoms with E-state index in [0.29, 0.717) is 12.2 Å². The lowest BCUT2D eigenvalue weighted by molar-refractivity contribution is 0.0459. The molecule has 0 saturated carbocycles. The maximum absolute atomic E-state index is 13.0. The molecule has 1 aromatic heterocycles. The molecule has 1 fully saturated rings. The number of aromatic nitrogens is 2. The van der Waals surface area contributed by atoms with Crippen molar-refractivity contribution in [2.24, 2.45) is 0 Å². The first-order valence-corrected chi connectivity index (χ1v) is 11.8. The highest BCUT2D eigenvalue weighted by Gasteiger charge is 2.24. The van der Waals surface area contributed by atoms with E-state index in [-0.39, 0.29) is 46.5 Å². The number of carbonyl (C=O) groups is 1. The van der Waals surface area contributed by atoms with E-state index in [2.05, 4.69) is 14.9 Å². The van der Waals surface area contributed by atoms with Crippen molar-refractivity contribution in [1.82, 2.24) is 14.9 Å². The molecule has 9 nitrogen and oxygen atoms in total. The lowest BCUT2D eigenvalue weighted by Crippen LogP contribution is -2.32. The van der Waals surface area contributed by atoms with Gasteiger partial charge in [0, 0.05) is 18.7 Å². The summed E-state index contributed by atoms with van der Waals surface area (Å²) in [6.07, 6.45) is 1.45. The Morgan fingerprint density at radius 2 is 2.03 bits per heavy atom. The minimum Gasteiger partial charge on any atom is -0.454 e. The average molecular weight is 496 g/mol. The summed E-state index contributed by atoms with van der Waals surface area (Å²) in [6, 6.07) is 9.25. The van der Waals surface area contributed by atoms with E-state index in [1.54, 1.807) is 0 Å². The Morgan fingerprint density at radius 1 is 1.24 bits per heavy atom. The van der Waals surface area contributed by atoms with E-state index >= 15 is 0 Å². The second-order valence-corrected chi connectivity index (χ2v) is 9.37. The Hall–Kier alpha value is -2.86. The highest BCUT2D eigenvalue weighted by atomic mass is 35.5. The van der Waals surface area contributed by atoms with Crippen LogP contribution in [-0.2, 0) is 26.1 Å². The summed E-state index contributed by atoms with van der Waals surface area (Å²) in [5.74, 6) is -0.977. The lowest BCUT2D eigenvalue weighted by Gasteiger charge is -2.13. The van der Waals surface area contributed by atoms with Crippen LogP contribution < -0.4 is 4.72 Å². The van der Waals surface area contributed by atoms with E-state index in [9.17, 15) is 17.6 Å². The van der Waals surface area contributed by atoms with Crippen LogP contribution in [0.3, 0.4) is 0 Å². The van der Waals surface area contributed by atoms with Crippen LogP contribution in [-0.4, -0.2) is 43.8 Å². The number of benzene rings is 2. The van der Waals surface area contributed by atoms with E-state index in [1.807, 2.05) is 0 Å². The van der Waals surface area contributed by atoms with Gasteiger partial charge in [0.25, 0.3) is 5.89 Å². The average Bonchev–Trinajstić information content (AvgIpc) is 3.49. The van der Waals surface area contributed by atoms with Gasteiger partial charge in [-0.2, -0.15) is 4.98 Å². The number of carbonyl (C=O) groups excluding carboxylic acids is 1. The molecule has 1 saturated heterocycles. The van der Waals surface area contributed by atoms with E-state index in [1.165, 1.54) is 36.4 Å². The fourth-order valence-electron chi connectivity index (χ4n) is 3.16. The normalized spacial score (nSPS) is 16.1. The van der Waals surface area contributed by atoms with Crippen LogP contribution in [0.4, 0.5) is 4.39 Å². The summed E-state index contributed by atoms with van der Waals surface area (Å²) >= 11 is 6.07. The predicted octanol–water partition coefficient (Wildman–Crippen LogP) is 3.34. The molecule has 2 aromatic carbocycles. The van der Waals surface area contributed by atoms with E-state index in [4.69, 9.17) is 25.6 Å². The lowest BCUT2D eigenvalue weighted by atomic mass is 10.2. The Kier molecular flexibility index (Phi) is 7.03. The third kappa shape index (κ3) is 5.74. The molecule has 0 spiro atoms. The number of rotatable bonds is 8. The van der Waals surface area contributed by atoms with Crippen LogP contribution in [0.5, 0.6) is 0 Å². The fraction of sp³-hybridized carbons (Fsp3) is 0.286. The third-order valence-electron chi connectivity index (χ3n) is 4.87. The first-order chi connectivity index (χ1) is 15.8. The van der Waals surface area contributed by atoms with Crippen LogP contribution in [0.1, 0.15) is 29.0 Å². The van der Waals surface area contributed by atoms with Crippen LogP contribution in [0.2, 0.25) is 5.02 Å². The van der Waals surface area contributed by atoms with Crippen molar-refractivity contribution in [2.45, 2.75) is 30.4 Å². The van der Waals surface area contributed by atoms with E-state index < -0.39 is 21.8 Å². The monoisotopic (exact) mass is 495 g/mol. The van der Waals surface area contributed by atoms with Crippen molar-refractivity contribution in [1.29, 1.82) is 0 Å². The molecule has 1 aliphatic rings. The molecule has 1 N–H and O–H groups in total. The first kappa shape index (κ1) is 23.3. The summed E-state index contributed by atoms with van der Waals surface area (Å²) in [5, 5.41) is 3.68. The van der Waals surface area contributed by atoms with Gasteiger partial charge in [-0.1, -0.05) is 16.8 Å². The molecule has 4 rings (SSSR count). The second kappa shape index (κ2) is 9.96. The molecule has 2 heterocycles. The van der Waals surface area contributed by atoms with Crippen LogP contribution in [0.15, 0.2) is 51.9 Å². The zero-order chi connectivity index (χ0) is 23.4. The summed E-state index contributed by atoms with van der Waals surface area (Å²) in [4.78, 5) is 16.3. The van der Waals surface area contributed by atoms with Gasteiger partial charge in [0.05, 0.1) is 16.7 Å². The molecule has 0 aliphatic carbocycles. The molecule has 3 aromatic rings. The van der Waals surface area contributed by atoms with Gasteiger partial charge in [0.2, 0.25) is 15.8 Å². The quantitative estimate of drug-likeness (QED) is 0.472. The molecule has 33 heavy (non-hydrogen) atoms. The van der Waals surface area contributed by atoms with Gasteiger partial charge in [0.15, 0.2) is 6.61 Å². The van der Waals surface area contributed by atoms with Gasteiger partial charge in [-0.3, -0.25) is 0 Å². The van der Waals surface area contributed by atoms with Crippen molar-refractivity contribution < 1.29 is 31.6 Å². The van der Waals surface area contributed by atoms with Gasteiger partial charge in [-0.05, 0) is 55.3 Å². The highest BCUT2D eigenvalue weighted by Crippen LogP contribution is 2.24. The predicted molar refractivity (Wildman–Crippen MR) is 114 cm³/mol. The summed E-state index contributed by atoms with van der Waals surface area (Å²) in [7, 11) is -3.97. The number of halogens is 2. The molecule has 1 aliphatic heterocycles. The number of hydrogen-bond acceptors (Lipinski definition) is 8. The van der Waals surface area contributed by atoms with Gasteiger partial charge in [0.1, 0.15) is 10.7 Å². The van der Waals surface area contributed by atoms with Crippen LogP contribution in [0, 0.1) is 5.82 Å². The highest BCUT2D eigenvalue weighted by molar-refractivity contribution is 7.89. The third-order valence-corrected chi connectivity index (χ3v) is 6.78. The number of hydrogen-bond donors (Lipinski definition) is 1. The van der Waals surface area contributed by atoms with Crippen molar-refractivity contribution in [2.75, 3.05) is 13.2 Å². The maximum atomic E-state index is 13.0. The Balaban J connectivity index is 1.41. The number of nitrogens with zero attached hydrogens (tertiary/aromatic N) is 2. The number of nitrogens with one attached hydrogen (secondary N) is 1. The zero-order valence-electron chi connectivity index (χ0n) is 17.2. The Labute approximate surface area is 193 Å². The molecular formula is C21H19ClFN3O6S. The molecule has 0 bridgehead atoms. The molecular weight excluding hydrogens is 477 g/mol. The summed E-state index contributed by atoms with van der Waals surface area (Å²) < 4.78 is 56.5. The van der Waals surface area contributed by atoms with Crippen LogP contribution >= 0.6 is 11.6 Å². The minimum atomic E-state index is -3.97. The molecule has 12 heteroatoms. The van der Waals surface area contributed by atoms with Crippen molar-refractivity contribution in [3.63, 3.8) is 0 Å². The number of esters is 1. The van der Waals surface area contributed by atoms with Crippen molar-refractivity contribution in [3.8, 4) is 11.5 Å². The maximum Gasteiger partial charge on any atom is 0.338 e. The SMILES string of the molecule is O=C(OCc1noc(-c2ccc(F)cc2)n1)c1ccc(Cl)c(S(=O)(=O)NCC2CCCO2)c1. The number of sulfonamides is 1. The van der Waals surface area contributed by atoms with Gasteiger partial charge < -0.3 is 14.0 Å².